The average molecular weight is 281 g/mol. The maximum atomic E-state index is 6.56. The number of benzene rings is 1. The molecule has 2 nitrogen and oxygen atoms in total. The molecule has 1 saturated carbocycles. The number of rotatable bonds is 1. The summed E-state index contributed by atoms with van der Waals surface area (Å²) in [7, 11) is 0. The highest BCUT2D eigenvalue weighted by Crippen LogP contribution is 2.41. The summed E-state index contributed by atoms with van der Waals surface area (Å²) in [5, 5.41) is 1.83. The molecule has 0 unspecified atom stereocenters. The molecule has 18 heavy (non-hydrogen) atoms. The molecule has 0 spiro atoms. The Balaban J connectivity index is 2.01. The molecule has 2 aromatic rings. The fourth-order valence-electron chi connectivity index (χ4n) is 2.62. The van der Waals surface area contributed by atoms with Crippen LogP contribution in [0.15, 0.2) is 18.2 Å². The van der Waals surface area contributed by atoms with Crippen LogP contribution in [-0.2, 0) is 5.54 Å². The van der Waals surface area contributed by atoms with E-state index in [1.54, 1.807) is 11.3 Å². The minimum Gasteiger partial charge on any atom is -0.319 e. The number of hydrogen-bond donors (Lipinski definition) is 1. The summed E-state index contributed by atoms with van der Waals surface area (Å²) in [6.45, 7) is 2.30. The highest BCUT2D eigenvalue weighted by atomic mass is 35.5. The molecule has 0 atom stereocenters. The van der Waals surface area contributed by atoms with Gasteiger partial charge in [-0.3, -0.25) is 0 Å². The number of halogens is 1. The lowest BCUT2D eigenvalue weighted by Crippen LogP contribution is -2.40. The van der Waals surface area contributed by atoms with Crippen LogP contribution in [0.5, 0.6) is 0 Å². The van der Waals surface area contributed by atoms with Crippen molar-refractivity contribution in [2.75, 3.05) is 0 Å². The average Bonchev–Trinajstić information content (AvgIpc) is 2.79. The summed E-state index contributed by atoms with van der Waals surface area (Å²) < 4.78 is 1.07. The van der Waals surface area contributed by atoms with E-state index >= 15 is 0 Å². The first-order chi connectivity index (χ1) is 8.58. The first-order valence-corrected chi connectivity index (χ1v) is 7.62. The van der Waals surface area contributed by atoms with Crippen molar-refractivity contribution in [1.82, 2.24) is 4.98 Å². The molecule has 4 heteroatoms. The van der Waals surface area contributed by atoms with Gasteiger partial charge in [-0.25, -0.2) is 4.98 Å². The van der Waals surface area contributed by atoms with Crippen LogP contribution in [0.3, 0.4) is 0 Å². The third-order valence-corrected chi connectivity index (χ3v) is 5.71. The van der Waals surface area contributed by atoms with E-state index in [2.05, 4.69) is 6.92 Å². The standard InChI is InChI=1S/C14H17ClN2S/c1-9-5-7-14(16,8-6-9)13-17-11-4-2-3-10(15)12(11)18-13/h2-4,9H,5-8,16H2,1H3. The van der Waals surface area contributed by atoms with Crippen molar-refractivity contribution in [1.29, 1.82) is 0 Å². The van der Waals surface area contributed by atoms with Crippen LogP contribution in [0.2, 0.25) is 5.02 Å². The van der Waals surface area contributed by atoms with E-state index in [4.69, 9.17) is 22.3 Å². The second-order valence-electron chi connectivity index (χ2n) is 5.45. The maximum absolute atomic E-state index is 6.56. The van der Waals surface area contributed by atoms with Crippen molar-refractivity contribution in [3.8, 4) is 0 Å². The normalized spacial score (nSPS) is 28.7. The quantitative estimate of drug-likeness (QED) is 0.845. The van der Waals surface area contributed by atoms with Crippen LogP contribution in [-0.4, -0.2) is 4.98 Å². The lowest BCUT2D eigenvalue weighted by molar-refractivity contribution is 0.247. The van der Waals surface area contributed by atoms with Gasteiger partial charge in [0.25, 0.3) is 0 Å². The Morgan fingerprint density at radius 2 is 2.11 bits per heavy atom. The third kappa shape index (κ3) is 2.04. The zero-order valence-electron chi connectivity index (χ0n) is 10.4. The lowest BCUT2D eigenvalue weighted by atomic mass is 9.78. The Labute approximate surface area is 116 Å². The molecule has 96 valence electrons. The van der Waals surface area contributed by atoms with Crippen molar-refractivity contribution >= 4 is 33.2 Å². The molecular formula is C14H17ClN2S. The Kier molecular flexibility index (Phi) is 3.08. The number of nitrogens with two attached hydrogens (primary N) is 1. The Bertz CT molecular complexity index is 570. The molecule has 3 rings (SSSR count). The van der Waals surface area contributed by atoms with Gasteiger partial charge in [-0.15, -0.1) is 11.3 Å². The van der Waals surface area contributed by atoms with Gasteiger partial charge < -0.3 is 5.73 Å². The van der Waals surface area contributed by atoms with Gasteiger partial charge in [-0.1, -0.05) is 24.6 Å². The number of nitrogens with zero attached hydrogens (tertiary/aromatic N) is 1. The summed E-state index contributed by atoms with van der Waals surface area (Å²) in [4.78, 5) is 4.70. The maximum Gasteiger partial charge on any atom is 0.114 e. The van der Waals surface area contributed by atoms with Crippen LogP contribution >= 0.6 is 22.9 Å². The van der Waals surface area contributed by atoms with E-state index in [1.807, 2.05) is 18.2 Å². The SMILES string of the molecule is CC1CCC(N)(c2nc3cccc(Cl)c3s2)CC1. The summed E-state index contributed by atoms with van der Waals surface area (Å²) in [6.07, 6.45) is 4.46. The van der Waals surface area contributed by atoms with E-state index in [9.17, 15) is 0 Å². The Morgan fingerprint density at radius 1 is 1.39 bits per heavy atom. The zero-order valence-corrected chi connectivity index (χ0v) is 12.0. The number of hydrogen-bond acceptors (Lipinski definition) is 3. The number of aromatic nitrogens is 1. The van der Waals surface area contributed by atoms with Gasteiger partial charge in [0.05, 0.1) is 20.8 Å². The highest BCUT2D eigenvalue weighted by Gasteiger charge is 2.34. The van der Waals surface area contributed by atoms with Crippen molar-refractivity contribution < 1.29 is 0 Å². The van der Waals surface area contributed by atoms with Gasteiger partial charge in [0.15, 0.2) is 0 Å². The molecule has 1 aliphatic carbocycles. The molecule has 2 N–H and O–H groups in total. The van der Waals surface area contributed by atoms with Crippen molar-refractivity contribution in [2.45, 2.75) is 38.1 Å². The fraction of sp³-hybridized carbons (Fsp3) is 0.500. The van der Waals surface area contributed by atoms with Gasteiger partial charge in [0.1, 0.15) is 5.01 Å². The largest absolute Gasteiger partial charge is 0.319 e. The minimum atomic E-state index is -0.237. The Hall–Kier alpha value is -0.640. The number of fused-ring (bicyclic) bond motifs is 1. The predicted octanol–water partition coefficient (Wildman–Crippen LogP) is 4.31. The molecule has 1 heterocycles. The van der Waals surface area contributed by atoms with Crippen molar-refractivity contribution in [2.24, 2.45) is 11.7 Å². The van der Waals surface area contributed by atoms with E-state index in [0.717, 1.165) is 39.0 Å². The van der Waals surface area contributed by atoms with Crippen molar-refractivity contribution in [3.63, 3.8) is 0 Å². The first-order valence-electron chi connectivity index (χ1n) is 6.43. The molecule has 1 fully saturated rings. The molecule has 0 saturated heterocycles. The molecular weight excluding hydrogens is 264 g/mol. The predicted molar refractivity (Wildman–Crippen MR) is 78.1 cm³/mol. The molecule has 0 radical (unpaired) electrons. The third-order valence-electron chi connectivity index (χ3n) is 3.96. The van der Waals surface area contributed by atoms with E-state index in [1.165, 1.54) is 12.8 Å². The van der Waals surface area contributed by atoms with Gasteiger partial charge >= 0.3 is 0 Å². The van der Waals surface area contributed by atoms with Crippen LogP contribution < -0.4 is 5.73 Å². The van der Waals surface area contributed by atoms with Gasteiger partial charge in [0, 0.05) is 0 Å². The van der Waals surface area contributed by atoms with Crippen LogP contribution in [0.25, 0.3) is 10.2 Å². The second kappa shape index (κ2) is 4.48. The minimum absolute atomic E-state index is 0.237. The number of thiazole rings is 1. The van der Waals surface area contributed by atoms with Crippen LogP contribution in [0, 0.1) is 5.92 Å². The van der Waals surface area contributed by atoms with E-state index in [-0.39, 0.29) is 5.54 Å². The Morgan fingerprint density at radius 3 is 2.78 bits per heavy atom. The van der Waals surface area contributed by atoms with E-state index in [0.29, 0.717) is 0 Å². The zero-order chi connectivity index (χ0) is 12.8. The smallest absolute Gasteiger partial charge is 0.114 e. The van der Waals surface area contributed by atoms with Crippen molar-refractivity contribution in [3.05, 3.63) is 28.2 Å². The molecule has 0 amide bonds. The van der Waals surface area contributed by atoms with Gasteiger partial charge in [-0.2, -0.15) is 0 Å². The lowest BCUT2D eigenvalue weighted by Gasteiger charge is -2.34. The summed E-state index contributed by atoms with van der Waals surface area (Å²) >= 11 is 7.87. The molecule has 0 aliphatic heterocycles. The van der Waals surface area contributed by atoms with E-state index < -0.39 is 0 Å². The summed E-state index contributed by atoms with van der Waals surface area (Å²) in [6, 6.07) is 5.87. The highest BCUT2D eigenvalue weighted by molar-refractivity contribution is 7.19. The van der Waals surface area contributed by atoms with Gasteiger partial charge in [0.2, 0.25) is 0 Å². The second-order valence-corrected chi connectivity index (χ2v) is 6.85. The summed E-state index contributed by atoms with van der Waals surface area (Å²) in [5.41, 5.74) is 7.30. The monoisotopic (exact) mass is 280 g/mol. The first kappa shape index (κ1) is 12.4. The molecule has 0 bridgehead atoms. The molecule has 1 aliphatic rings. The topological polar surface area (TPSA) is 38.9 Å². The molecule has 1 aromatic heterocycles. The van der Waals surface area contributed by atoms with Gasteiger partial charge in [-0.05, 0) is 43.7 Å². The fourth-order valence-corrected chi connectivity index (χ4v) is 4.03. The van der Waals surface area contributed by atoms with Crippen LogP contribution in [0.4, 0.5) is 0 Å². The molecule has 1 aromatic carbocycles. The van der Waals surface area contributed by atoms with Crippen LogP contribution in [0.1, 0.15) is 37.6 Å². The summed E-state index contributed by atoms with van der Waals surface area (Å²) in [5.74, 6) is 0.791.